The largest absolute Gasteiger partial charge is 0.491 e. The summed E-state index contributed by atoms with van der Waals surface area (Å²) in [4.78, 5) is 30.0. The van der Waals surface area contributed by atoms with E-state index >= 15 is 0 Å². The number of para-hydroxylation sites is 1. The lowest BCUT2D eigenvalue weighted by molar-refractivity contribution is -0.119. The van der Waals surface area contributed by atoms with Crippen molar-refractivity contribution in [1.82, 2.24) is 4.90 Å². The molecule has 1 aliphatic heterocycles. The molecular formula is C28H28N2O3. The van der Waals surface area contributed by atoms with Crippen molar-refractivity contribution in [2.75, 3.05) is 18.1 Å². The summed E-state index contributed by atoms with van der Waals surface area (Å²) in [7, 11) is 0. The molecule has 0 spiro atoms. The summed E-state index contributed by atoms with van der Waals surface area (Å²) in [5.74, 6) is 1.14. The number of carbonyl (C=O) groups excluding carboxylic acids is 2. The van der Waals surface area contributed by atoms with Crippen LogP contribution in [0.4, 0.5) is 5.69 Å². The van der Waals surface area contributed by atoms with Gasteiger partial charge in [0, 0.05) is 29.3 Å². The van der Waals surface area contributed by atoms with Crippen molar-refractivity contribution < 1.29 is 14.3 Å². The van der Waals surface area contributed by atoms with Crippen LogP contribution in [0.25, 0.3) is 0 Å². The first kappa shape index (κ1) is 21.3. The summed E-state index contributed by atoms with van der Waals surface area (Å²) < 4.78 is 5.96. The predicted molar refractivity (Wildman–Crippen MR) is 128 cm³/mol. The number of benzene rings is 3. The summed E-state index contributed by atoms with van der Waals surface area (Å²) in [6, 6.07) is 23.6. The van der Waals surface area contributed by atoms with Gasteiger partial charge in [0.05, 0.1) is 13.1 Å². The minimum absolute atomic E-state index is 0.0183. The van der Waals surface area contributed by atoms with Gasteiger partial charge in [0.15, 0.2) is 0 Å². The summed E-state index contributed by atoms with van der Waals surface area (Å²) in [6.07, 6.45) is 1.94. The molecule has 1 aliphatic carbocycles. The molecule has 3 aromatic carbocycles. The van der Waals surface area contributed by atoms with Crippen LogP contribution in [0.2, 0.25) is 0 Å². The standard InChI is InChI=1S/C28H28N2O3/c1-20-7-5-6-10-25(20)28(32)29-15-16-33-26-14-11-21(17-23(26)19-29)18-30(27(31)22-12-13-22)24-8-3-2-4-9-24/h2-11,14,17,22H,12-13,15-16,18-19H2,1H3. The van der Waals surface area contributed by atoms with E-state index in [4.69, 9.17) is 4.74 Å². The van der Waals surface area contributed by atoms with Crippen LogP contribution in [0.1, 0.15) is 39.9 Å². The number of anilines is 1. The topological polar surface area (TPSA) is 49.9 Å². The van der Waals surface area contributed by atoms with Gasteiger partial charge < -0.3 is 14.5 Å². The Morgan fingerprint density at radius 3 is 2.52 bits per heavy atom. The molecule has 3 aromatic rings. The Morgan fingerprint density at radius 2 is 1.76 bits per heavy atom. The maximum absolute atomic E-state index is 13.2. The smallest absolute Gasteiger partial charge is 0.254 e. The number of amides is 2. The molecule has 2 amide bonds. The van der Waals surface area contributed by atoms with Crippen molar-refractivity contribution in [2.24, 2.45) is 5.92 Å². The van der Waals surface area contributed by atoms with Gasteiger partial charge in [0.25, 0.3) is 5.91 Å². The normalized spacial score (nSPS) is 15.2. The molecule has 33 heavy (non-hydrogen) atoms. The average Bonchev–Trinajstić information content (AvgIpc) is 3.69. The highest BCUT2D eigenvalue weighted by Crippen LogP contribution is 2.34. The van der Waals surface area contributed by atoms with E-state index in [1.807, 2.05) is 83.5 Å². The maximum Gasteiger partial charge on any atom is 0.254 e. The van der Waals surface area contributed by atoms with Gasteiger partial charge in [-0.05, 0) is 61.2 Å². The zero-order chi connectivity index (χ0) is 22.8. The fourth-order valence-electron chi connectivity index (χ4n) is 4.34. The van der Waals surface area contributed by atoms with Gasteiger partial charge >= 0.3 is 0 Å². The Balaban J connectivity index is 1.40. The van der Waals surface area contributed by atoms with Crippen molar-refractivity contribution in [2.45, 2.75) is 32.9 Å². The van der Waals surface area contributed by atoms with Gasteiger partial charge in [-0.2, -0.15) is 0 Å². The molecule has 5 nitrogen and oxygen atoms in total. The van der Waals surface area contributed by atoms with Gasteiger partial charge in [-0.1, -0.05) is 42.5 Å². The lowest BCUT2D eigenvalue weighted by Crippen LogP contribution is -2.33. The number of fused-ring (bicyclic) bond motifs is 1. The van der Waals surface area contributed by atoms with Gasteiger partial charge in [0.1, 0.15) is 12.4 Å². The van der Waals surface area contributed by atoms with Gasteiger partial charge in [-0.15, -0.1) is 0 Å². The third-order valence-electron chi connectivity index (χ3n) is 6.37. The molecule has 1 saturated carbocycles. The van der Waals surface area contributed by atoms with Crippen molar-refractivity contribution in [1.29, 1.82) is 0 Å². The highest BCUT2D eigenvalue weighted by Gasteiger charge is 2.34. The molecule has 0 bridgehead atoms. The number of nitrogens with zero attached hydrogens (tertiary/aromatic N) is 2. The number of hydrogen-bond donors (Lipinski definition) is 0. The van der Waals surface area contributed by atoms with E-state index < -0.39 is 0 Å². The van der Waals surface area contributed by atoms with Crippen LogP contribution in [0.3, 0.4) is 0 Å². The van der Waals surface area contributed by atoms with Crippen molar-refractivity contribution >= 4 is 17.5 Å². The van der Waals surface area contributed by atoms with Gasteiger partial charge in [-0.25, -0.2) is 0 Å². The summed E-state index contributed by atoms with van der Waals surface area (Å²) in [5, 5.41) is 0. The number of rotatable bonds is 5. The van der Waals surface area contributed by atoms with E-state index in [1.54, 1.807) is 0 Å². The second kappa shape index (κ2) is 9.10. The molecule has 1 heterocycles. The minimum Gasteiger partial charge on any atom is -0.491 e. The van der Waals surface area contributed by atoms with E-state index in [2.05, 4.69) is 6.07 Å². The van der Waals surface area contributed by atoms with E-state index in [1.165, 1.54) is 0 Å². The highest BCUT2D eigenvalue weighted by atomic mass is 16.5. The molecule has 5 rings (SSSR count). The van der Waals surface area contributed by atoms with E-state index in [0.29, 0.717) is 26.2 Å². The molecule has 0 aromatic heterocycles. The third kappa shape index (κ3) is 4.63. The van der Waals surface area contributed by atoms with Crippen LogP contribution in [-0.2, 0) is 17.9 Å². The lowest BCUT2D eigenvalue weighted by atomic mass is 10.1. The monoisotopic (exact) mass is 440 g/mol. The van der Waals surface area contributed by atoms with Crippen LogP contribution >= 0.6 is 0 Å². The Hall–Kier alpha value is -3.60. The number of hydrogen-bond acceptors (Lipinski definition) is 3. The Bertz CT molecular complexity index is 1170. The fraction of sp³-hybridized carbons (Fsp3) is 0.286. The summed E-state index contributed by atoms with van der Waals surface area (Å²) in [6.45, 7) is 3.94. The SMILES string of the molecule is Cc1ccccc1C(=O)N1CCOc2ccc(CN(C(=O)C3CC3)c3ccccc3)cc2C1. The predicted octanol–water partition coefficient (Wildman–Crippen LogP) is 4.97. The van der Waals surface area contributed by atoms with Crippen LogP contribution in [0.15, 0.2) is 72.8 Å². The summed E-state index contributed by atoms with van der Waals surface area (Å²) >= 11 is 0. The van der Waals surface area contributed by atoms with E-state index in [9.17, 15) is 9.59 Å². The molecular weight excluding hydrogens is 412 g/mol. The molecule has 168 valence electrons. The average molecular weight is 441 g/mol. The number of ether oxygens (including phenoxy) is 1. The first-order valence-corrected chi connectivity index (χ1v) is 11.6. The quantitative estimate of drug-likeness (QED) is 0.563. The van der Waals surface area contributed by atoms with Crippen LogP contribution in [0.5, 0.6) is 5.75 Å². The van der Waals surface area contributed by atoms with E-state index in [-0.39, 0.29) is 17.7 Å². The zero-order valence-corrected chi connectivity index (χ0v) is 18.9. The van der Waals surface area contributed by atoms with E-state index in [0.717, 1.165) is 46.5 Å². The first-order chi connectivity index (χ1) is 16.1. The second-order valence-electron chi connectivity index (χ2n) is 8.87. The summed E-state index contributed by atoms with van der Waals surface area (Å²) in [5.41, 5.74) is 4.61. The van der Waals surface area contributed by atoms with Crippen molar-refractivity contribution in [3.8, 4) is 5.75 Å². The van der Waals surface area contributed by atoms with Crippen LogP contribution in [-0.4, -0.2) is 29.9 Å². The third-order valence-corrected chi connectivity index (χ3v) is 6.37. The van der Waals surface area contributed by atoms with Gasteiger partial charge in [0.2, 0.25) is 5.91 Å². The second-order valence-corrected chi connectivity index (χ2v) is 8.87. The molecule has 0 atom stereocenters. The molecule has 0 radical (unpaired) electrons. The molecule has 5 heteroatoms. The Labute approximate surface area is 194 Å². The molecule has 0 saturated heterocycles. The van der Waals surface area contributed by atoms with Gasteiger partial charge in [-0.3, -0.25) is 9.59 Å². The van der Waals surface area contributed by atoms with Crippen LogP contribution < -0.4 is 9.64 Å². The number of carbonyl (C=O) groups is 2. The Morgan fingerprint density at radius 1 is 1.00 bits per heavy atom. The van der Waals surface area contributed by atoms with Crippen molar-refractivity contribution in [3.05, 3.63) is 95.1 Å². The zero-order valence-electron chi connectivity index (χ0n) is 18.9. The highest BCUT2D eigenvalue weighted by molar-refractivity contribution is 5.96. The minimum atomic E-state index is 0.0183. The lowest BCUT2D eigenvalue weighted by Gasteiger charge is -2.24. The maximum atomic E-state index is 13.2. The molecule has 0 N–H and O–H groups in total. The molecule has 2 aliphatic rings. The number of aryl methyl sites for hydroxylation is 1. The molecule has 1 fully saturated rings. The molecule has 0 unspecified atom stereocenters. The fourth-order valence-corrected chi connectivity index (χ4v) is 4.34. The van der Waals surface area contributed by atoms with Crippen molar-refractivity contribution in [3.63, 3.8) is 0 Å². The first-order valence-electron chi connectivity index (χ1n) is 11.6. The Kier molecular flexibility index (Phi) is 5.86. The van der Waals surface area contributed by atoms with Crippen LogP contribution in [0, 0.1) is 12.8 Å².